The Hall–Kier alpha value is -2.48. The van der Waals surface area contributed by atoms with Crippen molar-refractivity contribution in [2.75, 3.05) is 12.4 Å². The zero-order valence-corrected chi connectivity index (χ0v) is 12.1. The van der Waals surface area contributed by atoms with Gasteiger partial charge in [0.25, 0.3) is 0 Å². The third kappa shape index (κ3) is 2.59. The van der Waals surface area contributed by atoms with Crippen molar-refractivity contribution in [2.45, 2.75) is 19.9 Å². The van der Waals surface area contributed by atoms with Gasteiger partial charge in [-0.05, 0) is 26.0 Å². The fourth-order valence-electron chi connectivity index (χ4n) is 2.28. The van der Waals surface area contributed by atoms with Gasteiger partial charge in [0, 0.05) is 18.8 Å². The highest BCUT2D eigenvalue weighted by Crippen LogP contribution is 2.31. The molecule has 20 heavy (non-hydrogen) atoms. The molecule has 0 saturated carbocycles. The second-order valence-corrected chi connectivity index (χ2v) is 4.70. The predicted molar refractivity (Wildman–Crippen MR) is 77.7 cm³/mol. The van der Waals surface area contributed by atoms with Crippen molar-refractivity contribution in [3.8, 4) is 11.8 Å². The Morgan fingerprint density at radius 2 is 2.20 bits per heavy atom. The van der Waals surface area contributed by atoms with E-state index in [9.17, 15) is 5.26 Å². The number of aromatic nitrogens is 2. The molecule has 2 rings (SSSR count). The molecule has 1 atom stereocenters. The molecule has 2 aromatic rings. The SMILES string of the molecule is COc1cccc(C#N)c1NC(C)c1cn(C)nc1C. The minimum absolute atomic E-state index is 0.0344. The maximum Gasteiger partial charge on any atom is 0.143 e. The van der Waals surface area contributed by atoms with Gasteiger partial charge in [0.15, 0.2) is 0 Å². The topological polar surface area (TPSA) is 62.9 Å². The summed E-state index contributed by atoms with van der Waals surface area (Å²) >= 11 is 0. The quantitative estimate of drug-likeness (QED) is 0.928. The number of methoxy groups -OCH3 is 1. The molecule has 5 nitrogen and oxygen atoms in total. The predicted octanol–water partition coefficient (Wildman–Crippen LogP) is 2.78. The Balaban J connectivity index is 2.35. The van der Waals surface area contributed by atoms with E-state index < -0.39 is 0 Å². The van der Waals surface area contributed by atoms with Crippen molar-refractivity contribution in [3.05, 3.63) is 41.2 Å². The largest absolute Gasteiger partial charge is 0.495 e. The van der Waals surface area contributed by atoms with Gasteiger partial charge in [0.05, 0.1) is 30.1 Å². The smallest absolute Gasteiger partial charge is 0.143 e. The number of nitrogens with one attached hydrogen (secondary N) is 1. The minimum Gasteiger partial charge on any atom is -0.495 e. The molecule has 1 N–H and O–H groups in total. The molecular formula is C15H18N4O. The Morgan fingerprint density at radius 3 is 2.75 bits per heavy atom. The van der Waals surface area contributed by atoms with E-state index >= 15 is 0 Å². The maximum atomic E-state index is 9.22. The van der Waals surface area contributed by atoms with Gasteiger partial charge < -0.3 is 10.1 Å². The Bertz CT molecular complexity index is 654. The lowest BCUT2D eigenvalue weighted by atomic mass is 10.1. The first-order chi connectivity index (χ1) is 9.56. The number of para-hydroxylation sites is 1. The van der Waals surface area contributed by atoms with Crippen LogP contribution in [0.4, 0.5) is 5.69 Å². The highest BCUT2D eigenvalue weighted by molar-refractivity contribution is 5.67. The van der Waals surface area contributed by atoms with E-state index in [1.807, 2.05) is 39.2 Å². The second kappa shape index (κ2) is 5.66. The molecule has 5 heteroatoms. The van der Waals surface area contributed by atoms with Crippen LogP contribution in [0.25, 0.3) is 0 Å². The summed E-state index contributed by atoms with van der Waals surface area (Å²) in [5.41, 5.74) is 3.36. The molecule has 0 aliphatic heterocycles. The lowest BCUT2D eigenvalue weighted by molar-refractivity contribution is 0.416. The highest BCUT2D eigenvalue weighted by Gasteiger charge is 2.16. The lowest BCUT2D eigenvalue weighted by Crippen LogP contribution is -2.09. The number of ether oxygens (including phenoxy) is 1. The van der Waals surface area contributed by atoms with Crippen LogP contribution in [0.3, 0.4) is 0 Å². The number of aryl methyl sites for hydroxylation is 2. The van der Waals surface area contributed by atoms with Crippen LogP contribution >= 0.6 is 0 Å². The molecule has 104 valence electrons. The van der Waals surface area contributed by atoms with E-state index in [0.717, 1.165) is 11.3 Å². The summed E-state index contributed by atoms with van der Waals surface area (Å²) in [6.07, 6.45) is 1.98. The molecule has 1 aromatic heterocycles. The van der Waals surface area contributed by atoms with Gasteiger partial charge in [-0.25, -0.2) is 0 Å². The molecule has 0 aliphatic carbocycles. The number of rotatable bonds is 4. The number of hydrogen-bond donors (Lipinski definition) is 1. The van der Waals surface area contributed by atoms with Gasteiger partial charge in [-0.2, -0.15) is 10.4 Å². The fourth-order valence-corrected chi connectivity index (χ4v) is 2.28. The van der Waals surface area contributed by atoms with E-state index in [-0.39, 0.29) is 6.04 Å². The van der Waals surface area contributed by atoms with E-state index in [4.69, 9.17) is 4.74 Å². The monoisotopic (exact) mass is 270 g/mol. The van der Waals surface area contributed by atoms with Gasteiger partial charge in [-0.1, -0.05) is 6.07 Å². The normalized spacial score (nSPS) is 11.8. The number of anilines is 1. The molecular weight excluding hydrogens is 252 g/mol. The number of nitrogens with zero attached hydrogens (tertiary/aromatic N) is 3. The summed E-state index contributed by atoms with van der Waals surface area (Å²) in [5, 5.41) is 16.9. The Morgan fingerprint density at radius 1 is 1.45 bits per heavy atom. The van der Waals surface area contributed by atoms with Crippen LogP contribution in [0.2, 0.25) is 0 Å². The molecule has 1 heterocycles. The molecule has 0 radical (unpaired) electrons. The van der Waals surface area contributed by atoms with E-state index in [1.54, 1.807) is 17.9 Å². The van der Waals surface area contributed by atoms with Crippen molar-refractivity contribution in [2.24, 2.45) is 7.05 Å². The van der Waals surface area contributed by atoms with E-state index in [0.29, 0.717) is 17.0 Å². The molecule has 0 saturated heterocycles. The molecule has 0 fully saturated rings. The first-order valence-corrected chi connectivity index (χ1v) is 6.40. The van der Waals surface area contributed by atoms with Gasteiger partial charge in [0.1, 0.15) is 11.8 Å². The number of nitriles is 1. The summed E-state index contributed by atoms with van der Waals surface area (Å²) < 4.78 is 7.11. The molecule has 0 amide bonds. The molecule has 0 spiro atoms. The molecule has 0 aliphatic rings. The van der Waals surface area contributed by atoms with Gasteiger partial charge >= 0.3 is 0 Å². The number of hydrogen-bond acceptors (Lipinski definition) is 4. The standard InChI is InChI=1S/C15H18N4O/c1-10(13-9-19(3)18-11(13)2)17-15-12(8-16)6-5-7-14(15)20-4/h5-7,9-10,17H,1-4H3. The van der Waals surface area contributed by atoms with Crippen LogP contribution in [0.1, 0.15) is 29.8 Å². The zero-order valence-electron chi connectivity index (χ0n) is 12.1. The zero-order chi connectivity index (χ0) is 14.7. The van der Waals surface area contributed by atoms with Crippen LogP contribution in [0, 0.1) is 18.3 Å². The van der Waals surface area contributed by atoms with Crippen LogP contribution in [-0.2, 0) is 7.05 Å². The van der Waals surface area contributed by atoms with Crippen molar-refractivity contribution in [1.82, 2.24) is 9.78 Å². The third-order valence-corrected chi connectivity index (χ3v) is 3.25. The van der Waals surface area contributed by atoms with Crippen molar-refractivity contribution in [1.29, 1.82) is 5.26 Å². The molecule has 0 bridgehead atoms. The van der Waals surface area contributed by atoms with E-state index in [2.05, 4.69) is 16.5 Å². The second-order valence-electron chi connectivity index (χ2n) is 4.70. The summed E-state index contributed by atoms with van der Waals surface area (Å²) in [4.78, 5) is 0. The summed E-state index contributed by atoms with van der Waals surface area (Å²) in [7, 11) is 3.49. The van der Waals surface area contributed by atoms with Gasteiger partial charge in [-0.3, -0.25) is 4.68 Å². The third-order valence-electron chi connectivity index (χ3n) is 3.25. The Labute approximate surface area is 118 Å². The average molecular weight is 270 g/mol. The first-order valence-electron chi connectivity index (χ1n) is 6.40. The van der Waals surface area contributed by atoms with Crippen LogP contribution in [0.15, 0.2) is 24.4 Å². The van der Waals surface area contributed by atoms with Gasteiger partial charge in [0.2, 0.25) is 0 Å². The fraction of sp³-hybridized carbons (Fsp3) is 0.333. The van der Waals surface area contributed by atoms with Crippen LogP contribution in [-0.4, -0.2) is 16.9 Å². The molecule has 1 unspecified atom stereocenters. The van der Waals surface area contributed by atoms with Crippen molar-refractivity contribution in [3.63, 3.8) is 0 Å². The average Bonchev–Trinajstić information content (AvgIpc) is 2.78. The van der Waals surface area contributed by atoms with Gasteiger partial charge in [-0.15, -0.1) is 0 Å². The van der Waals surface area contributed by atoms with Crippen LogP contribution in [0.5, 0.6) is 5.75 Å². The van der Waals surface area contributed by atoms with Crippen LogP contribution < -0.4 is 10.1 Å². The summed E-state index contributed by atoms with van der Waals surface area (Å²) in [5.74, 6) is 0.664. The lowest BCUT2D eigenvalue weighted by Gasteiger charge is -2.18. The summed E-state index contributed by atoms with van der Waals surface area (Å²) in [6.45, 7) is 4.01. The first kappa shape index (κ1) is 13.9. The van der Waals surface area contributed by atoms with Crippen molar-refractivity contribution < 1.29 is 4.74 Å². The summed E-state index contributed by atoms with van der Waals surface area (Å²) in [6, 6.07) is 7.64. The maximum absolute atomic E-state index is 9.22. The van der Waals surface area contributed by atoms with Crippen molar-refractivity contribution >= 4 is 5.69 Å². The molecule has 1 aromatic carbocycles. The highest BCUT2D eigenvalue weighted by atomic mass is 16.5. The van der Waals surface area contributed by atoms with E-state index in [1.165, 1.54) is 0 Å². The Kier molecular flexibility index (Phi) is 3.94. The number of benzene rings is 1. The minimum atomic E-state index is 0.0344.